The molecule has 1 amide bonds. The van der Waals surface area contributed by atoms with E-state index in [4.69, 9.17) is 9.72 Å². The van der Waals surface area contributed by atoms with Crippen molar-refractivity contribution in [2.45, 2.75) is 75.3 Å². The van der Waals surface area contributed by atoms with E-state index in [1.165, 1.54) is 13.2 Å². The van der Waals surface area contributed by atoms with Crippen molar-refractivity contribution in [3.63, 3.8) is 0 Å². The van der Waals surface area contributed by atoms with Crippen LogP contribution < -0.4 is 15.1 Å². The van der Waals surface area contributed by atoms with Crippen molar-refractivity contribution in [2.24, 2.45) is 5.92 Å². The predicted octanol–water partition coefficient (Wildman–Crippen LogP) is 5.22. The number of rotatable bonds is 10. The number of alkyl halides is 1. The van der Waals surface area contributed by atoms with Gasteiger partial charge in [0, 0.05) is 62.7 Å². The maximum Gasteiger partial charge on any atom is 0.246 e. The van der Waals surface area contributed by atoms with Gasteiger partial charge < -0.3 is 24.8 Å². The summed E-state index contributed by atoms with van der Waals surface area (Å²) in [6.45, 7) is 13.5. The zero-order valence-corrected chi connectivity index (χ0v) is 29.2. The molecule has 0 radical (unpaired) electrons. The lowest BCUT2D eigenvalue weighted by atomic mass is 9.86. The molecule has 3 aliphatic heterocycles. The first-order valence-corrected chi connectivity index (χ1v) is 18.3. The summed E-state index contributed by atoms with van der Waals surface area (Å²) in [6, 6.07) is 7.77. The predicted molar refractivity (Wildman–Crippen MR) is 187 cm³/mol. The lowest BCUT2D eigenvalue weighted by Gasteiger charge is -2.49. The van der Waals surface area contributed by atoms with Crippen molar-refractivity contribution in [1.29, 1.82) is 0 Å². The van der Waals surface area contributed by atoms with Gasteiger partial charge in [0.15, 0.2) is 9.84 Å². The zero-order valence-electron chi connectivity index (χ0n) is 28.4. The Hall–Kier alpha value is -3.84. The number of fused-ring (bicyclic) bond motifs is 1. The number of hydrogen-bond acceptors (Lipinski definition) is 10. The van der Waals surface area contributed by atoms with Gasteiger partial charge in [0.25, 0.3) is 0 Å². The molecule has 0 unspecified atom stereocenters. The molecule has 48 heavy (non-hydrogen) atoms. The van der Waals surface area contributed by atoms with Crippen molar-refractivity contribution in [3.05, 3.63) is 54.9 Å². The van der Waals surface area contributed by atoms with Crippen molar-refractivity contribution in [2.75, 3.05) is 55.0 Å². The maximum atomic E-state index is 14.6. The first-order valence-electron chi connectivity index (χ1n) is 16.7. The van der Waals surface area contributed by atoms with Crippen molar-refractivity contribution in [3.8, 4) is 0 Å². The van der Waals surface area contributed by atoms with Gasteiger partial charge in [0.1, 0.15) is 17.8 Å². The second kappa shape index (κ2) is 13.2. The Labute approximate surface area is 282 Å². The quantitative estimate of drug-likeness (QED) is 0.286. The van der Waals surface area contributed by atoms with Gasteiger partial charge in [0.05, 0.1) is 28.7 Å². The number of piperidine rings is 1. The topological polar surface area (TPSA) is 121 Å². The van der Waals surface area contributed by atoms with Crippen LogP contribution in [0.25, 0.3) is 10.8 Å². The molecule has 0 bridgehead atoms. The fraction of sp³-hybridized carbons (Fsp3) is 0.543. The fourth-order valence-corrected chi connectivity index (χ4v) is 9.17. The van der Waals surface area contributed by atoms with E-state index in [0.29, 0.717) is 50.2 Å². The number of aromatic nitrogens is 3. The van der Waals surface area contributed by atoms with E-state index in [1.807, 2.05) is 35.9 Å². The number of anilines is 4. The van der Waals surface area contributed by atoms with Crippen LogP contribution in [0.4, 0.5) is 27.7 Å². The molecule has 11 nitrogen and oxygen atoms in total. The number of methoxy groups -OCH3 is 1. The van der Waals surface area contributed by atoms with Gasteiger partial charge in [-0.1, -0.05) is 12.6 Å². The lowest BCUT2D eigenvalue weighted by Crippen LogP contribution is -2.59. The summed E-state index contributed by atoms with van der Waals surface area (Å²) in [4.78, 5) is 32.6. The number of ether oxygens (including phenoxy) is 1. The Bertz CT molecular complexity index is 1800. The summed E-state index contributed by atoms with van der Waals surface area (Å²) in [5.41, 5.74) is 2.00. The molecule has 3 atom stereocenters. The van der Waals surface area contributed by atoms with Gasteiger partial charge in [-0.05, 0) is 82.2 Å². The summed E-state index contributed by atoms with van der Waals surface area (Å²) >= 11 is 0. The second-order valence-corrected chi connectivity index (χ2v) is 17.0. The number of nitrogens with one attached hydrogen (secondary N) is 1. The molecule has 3 saturated heterocycles. The summed E-state index contributed by atoms with van der Waals surface area (Å²) < 4.78 is 45.4. The highest BCUT2D eigenvalue weighted by Crippen LogP contribution is 2.43. The van der Waals surface area contributed by atoms with Crippen molar-refractivity contribution < 1.29 is 22.3 Å². The number of pyridine rings is 1. The number of hydrogen-bond donors (Lipinski definition) is 1. The molecule has 6 rings (SSSR count). The zero-order chi connectivity index (χ0) is 34.4. The van der Waals surface area contributed by atoms with Gasteiger partial charge >= 0.3 is 0 Å². The van der Waals surface area contributed by atoms with Crippen LogP contribution in [-0.2, 0) is 19.4 Å². The molecule has 3 fully saturated rings. The highest BCUT2D eigenvalue weighted by molar-refractivity contribution is 7.93. The number of carbonyl (C=O) groups is 1. The average molecular weight is 680 g/mol. The van der Waals surface area contributed by atoms with E-state index in [1.54, 1.807) is 26.1 Å². The molecule has 13 heteroatoms. The summed E-state index contributed by atoms with van der Waals surface area (Å²) in [7, 11) is -1.77. The highest BCUT2D eigenvalue weighted by atomic mass is 32.2. The van der Waals surface area contributed by atoms with E-state index in [2.05, 4.69) is 38.9 Å². The molecule has 0 aliphatic carbocycles. The summed E-state index contributed by atoms with van der Waals surface area (Å²) in [6.07, 6.45) is 5.55. The minimum atomic E-state index is -3.30. The lowest BCUT2D eigenvalue weighted by molar-refractivity contribution is -0.126. The molecule has 3 aliphatic rings. The Morgan fingerprint density at radius 2 is 1.85 bits per heavy atom. The van der Waals surface area contributed by atoms with Gasteiger partial charge in [-0.15, -0.1) is 0 Å². The SMILES string of the molecule is C=CC(=O)N1CCC[C@H]1c1ccc(N2CC(C(C)(C)S(=O)(=O)C(C)C)C2)c2cnc(Nc3ccnc(N4CC[C@@H](OC)[C@@H](F)C4)n3)cc12. The number of halogens is 1. The van der Waals surface area contributed by atoms with E-state index in [-0.39, 0.29) is 24.4 Å². The van der Waals surface area contributed by atoms with E-state index >= 15 is 0 Å². The van der Waals surface area contributed by atoms with E-state index in [9.17, 15) is 17.6 Å². The number of amides is 1. The van der Waals surface area contributed by atoms with Crippen molar-refractivity contribution >= 4 is 49.8 Å². The molecule has 3 aromatic rings. The third-order valence-electron chi connectivity index (χ3n) is 10.5. The Balaban J connectivity index is 1.32. The molecule has 258 valence electrons. The second-order valence-electron chi connectivity index (χ2n) is 13.9. The standard InChI is InChI=1S/C35H46FN7O4S/c1-7-33(44)43-15-8-9-29(43)24-10-11-28(42-19-23(20-42)35(4,5)48(45,46)22(2)3)26-18-38-32(17-25(24)26)39-31-12-14-37-34(40-31)41-16-13-30(47-6)27(36)21-41/h7,10-12,14,17-18,22-23,27,29-30H,1,8-9,13,15-16,19-21H2,2-6H3,(H,37,38,39,40)/t27-,29-,30+/m0/s1. The first kappa shape index (κ1) is 34.0. The minimum absolute atomic E-state index is 0.0102. The molecule has 0 spiro atoms. The van der Waals surface area contributed by atoms with Crippen LogP contribution in [0.3, 0.4) is 0 Å². The third-order valence-corrected chi connectivity index (χ3v) is 13.5. The normalized spacial score (nSPS) is 22.3. The maximum absolute atomic E-state index is 14.6. The highest BCUT2D eigenvalue weighted by Gasteiger charge is 2.48. The van der Waals surface area contributed by atoms with Crippen LogP contribution in [0.5, 0.6) is 0 Å². The van der Waals surface area contributed by atoms with Gasteiger partial charge in [-0.3, -0.25) is 4.79 Å². The number of sulfone groups is 1. The summed E-state index contributed by atoms with van der Waals surface area (Å²) in [5.74, 6) is 1.42. The summed E-state index contributed by atoms with van der Waals surface area (Å²) in [5, 5.41) is 4.75. The van der Waals surface area contributed by atoms with Gasteiger partial charge in [0.2, 0.25) is 11.9 Å². The number of benzene rings is 1. The monoisotopic (exact) mass is 679 g/mol. The van der Waals surface area contributed by atoms with Crippen LogP contribution in [0.1, 0.15) is 58.6 Å². The Morgan fingerprint density at radius 3 is 2.54 bits per heavy atom. The smallest absolute Gasteiger partial charge is 0.246 e. The largest absolute Gasteiger partial charge is 0.378 e. The molecule has 2 aromatic heterocycles. The average Bonchev–Trinajstić information content (AvgIpc) is 3.53. The minimum Gasteiger partial charge on any atom is -0.378 e. The van der Waals surface area contributed by atoms with Gasteiger partial charge in [-0.2, -0.15) is 4.98 Å². The molecule has 1 aromatic carbocycles. The van der Waals surface area contributed by atoms with E-state index < -0.39 is 32.1 Å². The van der Waals surface area contributed by atoms with Crippen LogP contribution >= 0.6 is 0 Å². The van der Waals surface area contributed by atoms with Crippen LogP contribution in [0.15, 0.2) is 49.3 Å². The number of nitrogens with zero attached hydrogens (tertiary/aromatic N) is 6. The Morgan fingerprint density at radius 1 is 1.08 bits per heavy atom. The van der Waals surface area contributed by atoms with Crippen molar-refractivity contribution in [1.82, 2.24) is 19.9 Å². The van der Waals surface area contributed by atoms with Gasteiger partial charge in [-0.25, -0.2) is 22.8 Å². The molecule has 0 saturated carbocycles. The fourth-order valence-electron chi connectivity index (χ4n) is 7.34. The molecular weight excluding hydrogens is 633 g/mol. The molecular formula is C35H46FN7O4S. The number of likely N-dealkylation sites (tertiary alicyclic amines) is 1. The molecule has 1 N–H and O–H groups in total. The van der Waals surface area contributed by atoms with E-state index in [0.717, 1.165) is 34.9 Å². The van der Waals surface area contributed by atoms with Crippen LogP contribution in [0.2, 0.25) is 0 Å². The Kier molecular flexibility index (Phi) is 9.38. The molecule has 5 heterocycles. The van der Waals surface area contributed by atoms with Crippen LogP contribution in [-0.4, -0.2) is 96.3 Å². The first-order chi connectivity index (χ1) is 22.8. The number of carbonyl (C=O) groups excluding carboxylic acids is 1. The van der Waals surface area contributed by atoms with Crippen LogP contribution in [0, 0.1) is 5.92 Å². The third kappa shape index (κ3) is 6.11.